The van der Waals surface area contributed by atoms with Crippen LogP contribution in [-0.4, -0.2) is 62.2 Å². The lowest BCUT2D eigenvalue weighted by Crippen LogP contribution is -2.30. The van der Waals surface area contributed by atoms with E-state index in [0.717, 1.165) is 11.8 Å². The number of ether oxygens (including phenoxy) is 1. The molecule has 1 unspecified atom stereocenters. The highest BCUT2D eigenvalue weighted by Gasteiger charge is 2.29. The van der Waals surface area contributed by atoms with E-state index in [0.29, 0.717) is 18.7 Å². The van der Waals surface area contributed by atoms with Gasteiger partial charge in [0.1, 0.15) is 11.8 Å². The molecule has 0 aliphatic heterocycles. The number of hydrogen-bond donors (Lipinski definition) is 2. The van der Waals surface area contributed by atoms with Crippen molar-refractivity contribution in [1.29, 1.82) is 0 Å². The fourth-order valence-corrected chi connectivity index (χ4v) is 2.96. The number of anilines is 1. The monoisotopic (exact) mass is 449 g/mol. The van der Waals surface area contributed by atoms with Crippen molar-refractivity contribution in [2.75, 3.05) is 24.7 Å². The van der Waals surface area contributed by atoms with Gasteiger partial charge in [0, 0.05) is 18.7 Å². The summed E-state index contributed by atoms with van der Waals surface area (Å²) in [6, 6.07) is 5.09. The number of rotatable bonds is 10. The van der Waals surface area contributed by atoms with E-state index < -0.39 is 22.6 Å². The maximum Gasteiger partial charge on any atom is 0.373 e. The van der Waals surface area contributed by atoms with Crippen LogP contribution in [-0.2, 0) is 4.79 Å². The van der Waals surface area contributed by atoms with Crippen LogP contribution >= 0.6 is 11.8 Å². The molecule has 166 valence electrons. The quantitative estimate of drug-likeness (QED) is 0.240. The third-order valence-electron chi connectivity index (χ3n) is 4.27. The Morgan fingerprint density at radius 1 is 1.32 bits per heavy atom. The molecule has 1 aromatic carbocycles. The number of nitrogens with zero attached hydrogens (tertiary/aromatic N) is 4. The van der Waals surface area contributed by atoms with Gasteiger partial charge in [-0.1, -0.05) is 17.8 Å². The first-order chi connectivity index (χ1) is 14.7. The summed E-state index contributed by atoms with van der Waals surface area (Å²) >= 11 is 1.11. The molecule has 0 saturated carbocycles. The van der Waals surface area contributed by atoms with E-state index in [2.05, 4.69) is 15.3 Å². The van der Waals surface area contributed by atoms with Crippen molar-refractivity contribution in [2.24, 2.45) is 0 Å². The summed E-state index contributed by atoms with van der Waals surface area (Å²) in [5.41, 5.74) is -0.243. The Labute approximate surface area is 183 Å². The molecule has 31 heavy (non-hydrogen) atoms. The van der Waals surface area contributed by atoms with Crippen molar-refractivity contribution >= 4 is 35.1 Å². The zero-order valence-electron chi connectivity index (χ0n) is 17.5. The van der Waals surface area contributed by atoms with E-state index in [1.807, 2.05) is 13.8 Å². The number of hydrogen-bond acceptors (Lipinski definition) is 9. The summed E-state index contributed by atoms with van der Waals surface area (Å²) in [6.07, 6.45) is 1.67. The molecule has 12 heteroatoms. The van der Waals surface area contributed by atoms with Gasteiger partial charge < -0.3 is 20.1 Å². The van der Waals surface area contributed by atoms with Gasteiger partial charge in [0.25, 0.3) is 5.91 Å². The van der Waals surface area contributed by atoms with Gasteiger partial charge in [-0.05, 0) is 45.2 Å². The number of benzene rings is 1. The largest absolute Gasteiger partial charge is 0.480 e. The molecule has 1 atom stereocenters. The number of carboxylic acids is 1. The molecule has 0 aliphatic carbocycles. The predicted octanol–water partition coefficient (Wildman–Crippen LogP) is 3.27. The number of amides is 1. The molecule has 2 aromatic rings. The van der Waals surface area contributed by atoms with Crippen LogP contribution < -0.4 is 10.1 Å². The predicted molar refractivity (Wildman–Crippen MR) is 115 cm³/mol. The lowest BCUT2D eigenvalue weighted by molar-refractivity contribution is -0.385. The Hall–Kier alpha value is -3.41. The van der Waals surface area contributed by atoms with Gasteiger partial charge in [-0.15, -0.1) is 0 Å². The Kier molecular flexibility index (Phi) is 8.14. The molecule has 2 N–H and O–H groups in total. The van der Waals surface area contributed by atoms with Crippen LogP contribution in [0.25, 0.3) is 0 Å². The second-order valence-corrected chi connectivity index (χ2v) is 7.05. The van der Waals surface area contributed by atoms with Crippen molar-refractivity contribution in [3.63, 3.8) is 0 Å². The maximum absolute atomic E-state index is 12.6. The highest BCUT2D eigenvalue weighted by molar-refractivity contribution is 7.98. The molecular weight excluding hydrogens is 426 g/mol. The van der Waals surface area contributed by atoms with Gasteiger partial charge in [-0.25, -0.2) is 0 Å². The van der Waals surface area contributed by atoms with Crippen LogP contribution in [0.5, 0.6) is 11.6 Å². The molecule has 0 bridgehead atoms. The Bertz CT molecular complexity index is 982. The Morgan fingerprint density at radius 3 is 2.55 bits per heavy atom. The summed E-state index contributed by atoms with van der Waals surface area (Å²) in [5.74, 6) is -1.87. The van der Waals surface area contributed by atoms with Crippen LogP contribution in [0, 0.1) is 10.1 Å². The first-order valence-electron chi connectivity index (χ1n) is 9.38. The molecule has 0 saturated heterocycles. The highest BCUT2D eigenvalue weighted by Crippen LogP contribution is 2.37. The number of carbonyl (C=O) groups is 2. The minimum atomic E-state index is -1.20. The molecule has 1 aromatic heterocycles. The maximum atomic E-state index is 12.6. The smallest absolute Gasteiger partial charge is 0.373 e. The normalized spacial score (nSPS) is 11.5. The van der Waals surface area contributed by atoms with Crippen molar-refractivity contribution in [2.45, 2.75) is 32.0 Å². The lowest BCUT2D eigenvalue weighted by atomic mass is 10.2. The van der Waals surface area contributed by atoms with Gasteiger partial charge in [0.2, 0.25) is 5.82 Å². The zero-order valence-corrected chi connectivity index (χ0v) is 18.3. The van der Waals surface area contributed by atoms with Crippen molar-refractivity contribution in [1.82, 2.24) is 14.9 Å². The zero-order chi connectivity index (χ0) is 23.1. The van der Waals surface area contributed by atoms with Crippen LogP contribution in [0.2, 0.25) is 0 Å². The molecule has 1 heterocycles. The molecule has 2 rings (SSSR count). The standard InChI is InChI=1S/C19H23N5O6S/c1-5-23(6-2)17(25)12-8-7-9-13(10-12)30-16-14(24(28)29)15(20-11(3)18(26)27)21-19(22-16)31-4/h7-11H,5-6H2,1-4H3,(H,26,27)(H,20,21,22). The summed E-state index contributed by atoms with van der Waals surface area (Å²) < 4.78 is 5.67. The number of thioether (sulfide) groups is 1. The first-order valence-corrected chi connectivity index (χ1v) is 10.6. The molecule has 0 spiro atoms. The Balaban J connectivity index is 2.49. The van der Waals surface area contributed by atoms with Crippen molar-refractivity contribution in [3.8, 4) is 11.6 Å². The third-order valence-corrected chi connectivity index (χ3v) is 4.81. The third kappa shape index (κ3) is 5.81. The van der Waals surface area contributed by atoms with E-state index in [1.54, 1.807) is 23.3 Å². The van der Waals surface area contributed by atoms with E-state index in [4.69, 9.17) is 9.84 Å². The van der Waals surface area contributed by atoms with E-state index in [9.17, 15) is 19.7 Å². The van der Waals surface area contributed by atoms with Gasteiger partial charge in [0.15, 0.2) is 5.16 Å². The average molecular weight is 449 g/mol. The number of nitro groups is 1. The van der Waals surface area contributed by atoms with Gasteiger partial charge in [-0.3, -0.25) is 19.7 Å². The number of carbonyl (C=O) groups excluding carboxylic acids is 1. The average Bonchev–Trinajstić information content (AvgIpc) is 2.74. The minimum Gasteiger partial charge on any atom is -0.480 e. The second-order valence-electron chi connectivity index (χ2n) is 6.28. The van der Waals surface area contributed by atoms with Crippen LogP contribution in [0.3, 0.4) is 0 Å². The first kappa shape index (κ1) is 23.9. The van der Waals surface area contributed by atoms with Crippen LogP contribution in [0.1, 0.15) is 31.1 Å². The number of aromatic nitrogens is 2. The van der Waals surface area contributed by atoms with Crippen LogP contribution in [0.4, 0.5) is 11.5 Å². The topological polar surface area (TPSA) is 148 Å². The van der Waals surface area contributed by atoms with Gasteiger partial charge >= 0.3 is 17.5 Å². The van der Waals surface area contributed by atoms with Gasteiger partial charge in [0.05, 0.1) is 4.92 Å². The number of carboxylic acid groups (broad SMARTS) is 1. The number of aliphatic carboxylic acids is 1. The number of nitrogens with one attached hydrogen (secondary N) is 1. The lowest BCUT2D eigenvalue weighted by Gasteiger charge is -2.19. The van der Waals surface area contributed by atoms with Crippen molar-refractivity contribution in [3.05, 3.63) is 39.9 Å². The molecule has 0 radical (unpaired) electrons. The fourth-order valence-electron chi connectivity index (χ4n) is 2.61. The van der Waals surface area contributed by atoms with E-state index >= 15 is 0 Å². The summed E-state index contributed by atoms with van der Waals surface area (Å²) in [5, 5.41) is 23.5. The van der Waals surface area contributed by atoms with Crippen molar-refractivity contribution < 1.29 is 24.4 Å². The highest BCUT2D eigenvalue weighted by atomic mass is 32.2. The Morgan fingerprint density at radius 2 is 2.00 bits per heavy atom. The summed E-state index contributed by atoms with van der Waals surface area (Å²) in [4.78, 5) is 44.5. The molecule has 0 fully saturated rings. The summed E-state index contributed by atoms with van der Waals surface area (Å²) in [7, 11) is 0. The van der Waals surface area contributed by atoms with E-state index in [-0.39, 0.29) is 28.5 Å². The van der Waals surface area contributed by atoms with Crippen LogP contribution in [0.15, 0.2) is 29.4 Å². The van der Waals surface area contributed by atoms with Gasteiger partial charge in [-0.2, -0.15) is 9.97 Å². The molecule has 11 nitrogen and oxygen atoms in total. The van der Waals surface area contributed by atoms with E-state index in [1.165, 1.54) is 19.1 Å². The molecule has 0 aliphatic rings. The minimum absolute atomic E-state index is 0.149. The second kappa shape index (κ2) is 10.6. The SMILES string of the molecule is CCN(CC)C(=O)c1cccc(Oc2nc(SC)nc(NC(C)C(=O)O)c2[N+](=O)[O-])c1. The fraction of sp³-hybridized carbons (Fsp3) is 0.368. The summed E-state index contributed by atoms with van der Waals surface area (Å²) in [6.45, 7) is 6.12. The molecule has 1 amide bonds. The molecular formula is C19H23N5O6S.